The average molecular weight is 466 g/mol. The Bertz CT molecular complexity index is 1630. The minimum absolute atomic E-state index is 0.662. The number of pyridine rings is 2. The number of aromatic nitrogens is 6. The van der Waals surface area contributed by atoms with E-state index in [0.717, 1.165) is 56.6 Å². The molecule has 0 radical (unpaired) electrons. The highest BCUT2D eigenvalue weighted by Gasteiger charge is 2.17. The molecule has 1 aromatic carbocycles. The van der Waals surface area contributed by atoms with Crippen LogP contribution in [0.25, 0.3) is 55.8 Å². The third kappa shape index (κ3) is 3.43. The molecule has 168 valence electrons. The van der Waals surface area contributed by atoms with Crippen LogP contribution in [0.15, 0.2) is 59.7 Å². The van der Waals surface area contributed by atoms with Crippen LogP contribution in [0, 0.1) is 0 Å². The molecule has 0 fully saturated rings. The minimum Gasteiger partial charge on any atom is -0.378 e. The number of H-pyrrole nitrogens is 2. The van der Waals surface area contributed by atoms with Crippen LogP contribution in [0.2, 0.25) is 0 Å². The summed E-state index contributed by atoms with van der Waals surface area (Å²) in [6.07, 6.45) is 6.53. The lowest BCUT2D eigenvalue weighted by molar-refractivity contribution is 1.09. The first-order valence-corrected chi connectivity index (χ1v) is 12.1. The number of hydrogen-bond acceptors (Lipinski definition) is 6. The second kappa shape index (κ2) is 8.07. The third-order valence-electron chi connectivity index (χ3n) is 6.11. The number of aryl methyl sites for hydroxylation is 1. The van der Waals surface area contributed by atoms with Gasteiger partial charge in [-0.3, -0.25) is 10.1 Å². The van der Waals surface area contributed by atoms with E-state index in [-0.39, 0.29) is 0 Å². The van der Waals surface area contributed by atoms with E-state index in [1.807, 2.05) is 18.6 Å². The summed E-state index contributed by atoms with van der Waals surface area (Å²) in [4.78, 5) is 19.5. The van der Waals surface area contributed by atoms with E-state index in [2.05, 4.69) is 92.2 Å². The SMILES string of the molecule is CCc1cc(-c2cnc3n[nH]c(-c4nc5c(-c6ccsc6)cncc5[nH]4)c3c2)cc(N(C)C)c1. The van der Waals surface area contributed by atoms with Crippen molar-refractivity contribution in [3.8, 4) is 33.8 Å². The van der Waals surface area contributed by atoms with Gasteiger partial charge in [-0.1, -0.05) is 13.0 Å². The van der Waals surface area contributed by atoms with E-state index in [9.17, 15) is 0 Å². The Hall–Kier alpha value is -4.04. The van der Waals surface area contributed by atoms with Gasteiger partial charge in [-0.2, -0.15) is 16.4 Å². The molecular formula is C26H23N7S. The zero-order valence-electron chi connectivity index (χ0n) is 19.1. The van der Waals surface area contributed by atoms with Crippen molar-refractivity contribution in [2.75, 3.05) is 19.0 Å². The van der Waals surface area contributed by atoms with Crippen molar-refractivity contribution in [2.45, 2.75) is 13.3 Å². The second-order valence-corrected chi connectivity index (χ2v) is 9.29. The highest BCUT2D eigenvalue weighted by molar-refractivity contribution is 7.08. The largest absolute Gasteiger partial charge is 0.378 e. The summed E-state index contributed by atoms with van der Waals surface area (Å²) in [5.41, 5.74) is 10.0. The van der Waals surface area contributed by atoms with Gasteiger partial charge in [-0.15, -0.1) is 0 Å². The molecule has 0 aliphatic carbocycles. The number of aromatic amines is 2. The Morgan fingerprint density at radius 2 is 1.91 bits per heavy atom. The highest BCUT2D eigenvalue weighted by atomic mass is 32.1. The van der Waals surface area contributed by atoms with Gasteiger partial charge in [0.1, 0.15) is 11.2 Å². The Kier molecular flexibility index (Phi) is 4.88. The predicted molar refractivity (Wildman–Crippen MR) is 139 cm³/mol. The quantitative estimate of drug-likeness (QED) is 0.330. The molecule has 5 aromatic heterocycles. The second-order valence-electron chi connectivity index (χ2n) is 8.51. The van der Waals surface area contributed by atoms with Crippen molar-refractivity contribution >= 4 is 39.1 Å². The number of thiophene rings is 1. The topological polar surface area (TPSA) is 86.4 Å². The van der Waals surface area contributed by atoms with Crippen LogP contribution in [0.5, 0.6) is 0 Å². The van der Waals surface area contributed by atoms with Crippen LogP contribution in [0.1, 0.15) is 12.5 Å². The van der Waals surface area contributed by atoms with Crippen LogP contribution in [0.3, 0.4) is 0 Å². The lowest BCUT2D eigenvalue weighted by atomic mass is 10.0. The van der Waals surface area contributed by atoms with Gasteiger partial charge < -0.3 is 9.88 Å². The maximum absolute atomic E-state index is 4.93. The molecule has 0 saturated heterocycles. The molecule has 0 atom stereocenters. The summed E-state index contributed by atoms with van der Waals surface area (Å²) in [5.74, 6) is 0.720. The average Bonchev–Trinajstić information content (AvgIpc) is 3.62. The minimum atomic E-state index is 0.662. The molecule has 5 heterocycles. The van der Waals surface area contributed by atoms with Crippen molar-refractivity contribution in [3.63, 3.8) is 0 Å². The molecule has 8 heteroatoms. The highest BCUT2D eigenvalue weighted by Crippen LogP contribution is 2.33. The van der Waals surface area contributed by atoms with Crippen molar-refractivity contribution in [3.05, 3.63) is 65.2 Å². The zero-order valence-corrected chi connectivity index (χ0v) is 19.9. The summed E-state index contributed by atoms with van der Waals surface area (Å²) < 4.78 is 0. The lowest BCUT2D eigenvalue weighted by Crippen LogP contribution is -2.09. The fourth-order valence-electron chi connectivity index (χ4n) is 4.22. The smallest absolute Gasteiger partial charge is 0.181 e. The van der Waals surface area contributed by atoms with Gasteiger partial charge in [0.2, 0.25) is 0 Å². The molecule has 34 heavy (non-hydrogen) atoms. The van der Waals surface area contributed by atoms with Crippen LogP contribution < -0.4 is 4.90 Å². The first-order valence-electron chi connectivity index (χ1n) is 11.1. The summed E-state index contributed by atoms with van der Waals surface area (Å²) in [5, 5.41) is 12.7. The Labute approximate surface area is 200 Å². The van der Waals surface area contributed by atoms with Crippen molar-refractivity contribution < 1.29 is 0 Å². The van der Waals surface area contributed by atoms with Gasteiger partial charge in [0.25, 0.3) is 0 Å². The molecule has 0 spiro atoms. The first kappa shape index (κ1) is 20.6. The maximum Gasteiger partial charge on any atom is 0.181 e. The van der Waals surface area contributed by atoms with E-state index in [1.165, 1.54) is 11.3 Å². The molecule has 0 aliphatic heterocycles. The van der Waals surface area contributed by atoms with Crippen molar-refractivity contribution in [2.24, 2.45) is 0 Å². The molecule has 7 nitrogen and oxygen atoms in total. The third-order valence-corrected chi connectivity index (χ3v) is 6.79. The number of anilines is 1. The van der Waals surface area contributed by atoms with E-state index < -0.39 is 0 Å². The van der Waals surface area contributed by atoms with Crippen LogP contribution >= 0.6 is 11.3 Å². The van der Waals surface area contributed by atoms with Crippen LogP contribution in [-0.2, 0) is 6.42 Å². The molecule has 0 aliphatic rings. The lowest BCUT2D eigenvalue weighted by Gasteiger charge is -2.16. The van der Waals surface area contributed by atoms with Gasteiger partial charge >= 0.3 is 0 Å². The Morgan fingerprint density at radius 1 is 1.00 bits per heavy atom. The van der Waals surface area contributed by atoms with Gasteiger partial charge in [-0.05, 0) is 58.1 Å². The normalized spacial score (nSPS) is 11.5. The summed E-state index contributed by atoms with van der Waals surface area (Å²) >= 11 is 1.66. The van der Waals surface area contributed by atoms with Crippen molar-refractivity contribution in [1.29, 1.82) is 0 Å². The van der Waals surface area contributed by atoms with Gasteiger partial charge in [-0.25, -0.2) is 9.97 Å². The van der Waals surface area contributed by atoms with Crippen LogP contribution in [-0.4, -0.2) is 44.2 Å². The molecule has 2 N–H and O–H groups in total. The fourth-order valence-corrected chi connectivity index (χ4v) is 4.88. The van der Waals surface area contributed by atoms with E-state index in [1.54, 1.807) is 11.3 Å². The summed E-state index contributed by atoms with van der Waals surface area (Å²) in [6, 6.07) is 10.9. The molecule has 6 rings (SSSR count). The Morgan fingerprint density at radius 3 is 2.71 bits per heavy atom. The molecule has 0 amide bonds. The number of rotatable bonds is 5. The zero-order chi connectivity index (χ0) is 23.2. The number of fused-ring (bicyclic) bond motifs is 2. The van der Waals surface area contributed by atoms with Crippen molar-refractivity contribution in [1.82, 2.24) is 30.1 Å². The number of hydrogen-bond donors (Lipinski definition) is 2. The van der Waals surface area contributed by atoms with E-state index >= 15 is 0 Å². The fraction of sp³-hybridized carbons (Fsp3) is 0.154. The monoisotopic (exact) mass is 465 g/mol. The summed E-state index contributed by atoms with van der Waals surface area (Å²) in [6.45, 7) is 2.18. The number of imidazole rings is 1. The molecule has 0 bridgehead atoms. The van der Waals surface area contributed by atoms with E-state index in [4.69, 9.17) is 4.98 Å². The number of nitrogens with zero attached hydrogens (tertiary/aromatic N) is 5. The summed E-state index contributed by atoms with van der Waals surface area (Å²) in [7, 11) is 4.13. The maximum atomic E-state index is 4.93. The molecule has 0 unspecified atom stereocenters. The standard InChI is InChI=1S/C26H23N7S/c1-4-15-7-17(9-19(8-15)33(2)3)18-10-20-24(31-32-25(20)28-11-18)26-29-22-13-27-12-21(23(22)30-26)16-5-6-34-14-16/h5-14H,4H2,1-3H3,(H,29,30)(H,28,31,32). The van der Waals surface area contributed by atoms with Gasteiger partial charge in [0.15, 0.2) is 11.5 Å². The number of benzene rings is 1. The molecular weight excluding hydrogens is 442 g/mol. The molecule has 0 saturated carbocycles. The Balaban J connectivity index is 1.49. The van der Waals surface area contributed by atoms with Gasteiger partial charge in [0, 0.05) is 43.3 Å². The van der Waals surface area contributed by atoms with Gasteiger partial charge in [0.05, 0.1) is 17.1 Å². The predicted octanol–water partition coefficient (Wildman–Crippen LogP) is 5.92. The first-order chi connectivity index (χ1) is 16.6. The molecule has 6 aromatic rings. The number of nitrogens with one attached hydrogen (secondary N) is 2. The van der Waals surface area contributed by atoms with E-state index in [0.29, 0.717) is 5.65 Å². The van der Waals surface area contributed by atoms with Crippen LogP contribution in [0.4, 0.5) is 5.69 Å².